The SMILES string of the molecule is Cc1cc2c3c(c1)N(c1ccc(C(C)(C)C)cc1)c1c(oc4c1C(C)(C)CCC4(C)C)B3c1ccc(C(C)(C)c3ccccc3)cc1N2c1ccc(C(C)(C)C)cc1-c1ccc(C(C)(C)C)cc1. The minimum Gasteiger partial charge on any atom is -0.472 e. The van der Waals surface area contributed by atoms with Gasteiger partial charge in [0.1, 0.15) is 5.76 Å². The number of nitrogens with zero attached hydrogens (tertiary/aromatic N) is 2. The van der Waals surface area contributed by atoms with E-state index in [1.54, 1.807) is 0 Å². The summed E-state index contributed by atoms with van der Waals surface area (Å²) in [5.74, 6) is 1.14. The van der Waals surface area contributed by atoms with Gasteiger partial charge in [-0.2, -0.15) is 0 Å². The van der Waals surface area contributed by atoms with Gasteiger partial charge < -0.3 is 14.2 Å². The van der Waals surface area contributed by atoms with Crippen LogP contribution in [0.1, 0.15) is 161 Å². The molecule has 0 saturated carbocycles. The molecule has 0 N–H and O–H groups in total. The molecular weight excluding hydrogens is 824 g/mol. The van der Waals surface area contributed by atoms with Gasteiger partial charge in [0, 0.05) is 44.7 Å². The second kappa shape index (κ2) is 15.4. The minimum absolute atomic E-state index is 0.0332. The highest BCUT2D eigenvalue weighted by atomic mass is 16.3. The number of fused-ring (bicyclic) bond motifs is 6. The van der Waals surface area contributed by atoms with Crippen LogP contribution in [0.2, 0.25) is 0 Å². The molecule has 1 aromatic heterocycles. The molecule has 3 aliphatic rings. The smallest absolute Gasteiger partial charge is 0.297 e. The molecule has 3 heterocycles. The Bertz CT molecular complexity index is 3090. The monoisotopic (exact) mass is 897 g/mol. The van der Waals surface area contributed by atoms with Gasteiger partial charge in [0.25, 0.3) is 6.71 Å². The van der Waals surface area contributed by atoms with Gasteiger partial charge in [-0.1, -0.05) is 189 Å². The van der Waals surface area contributed by atoms with Crippen molar-refractivity contribution in [3.63, 3.8) is 0 Å². The second-order valence-corrected chi connectivity index (χ2v) is 25.5. The molecule has 6 aromatic carbocycles. The van der Waals surface area contributed by atoms with E-state index >= 15 is 0 Å². The lowest BCUT2D eigenvalue weighted by Gasteiger charge is -2.45. The van der Waals surface area contributed by atoms with Crippen molar-refractivity contribution in [2.75, 3.05) is 9.80 Å². The normalized spacial score (nSPS) is 16.3. The van der Waals surface area contributed by atoms with Gasteiger partial charge in [-0.3, -0.25) is 0 Å². The van der Waals surface area contributed by atoms with Crippen molar-refractivity contribution in [1.82, 2.24) is 0 Å². The van der Waals surface area contributed by atoms with E-state index in [0.717, 1.165) is 24.3 Å². The topological polar surface area (TPSA) is 19.6 Å². The van der Waals surface area contributed by atoms with E-state index in [-0.39, 0.29) is 39.2 Å². The zero-order valence-corrected chi connectivity index (χ0v) is 43.9. The van der Waals surface area contributed by atoms with Crippen LogP contribution in [0.25, 0.3) is 11.1 Å². The van der Waals surface area contributed by atoms with Gasteiger partial charge in [0.05, 0.1) is 17.0 Å². The molecule has 10 rings (SSSR count). The van der Waals surface area contributed by atoms with Crippen molar-refractivity contribution >= 4 is 57.4 Å². The Hall–Kier alpha value is -5.74. The summed E-state index contributed by atoms with van der Waals surface area (Å²) in [6, 6.07) is 49.4. The highest BCUT2D eigenvalue weighted by molar-refractivity contribution is 6.99. The van der Waals surface area contributed by atoms with Crippen LogP contribution in [0.4, 0.5) is 34.1 Å². The first-order chi connectivity index (χ1) is 31.8. The van der Waals surface area contributed by atoms with Crippen LogP contribution < -0.4 is 26.4 Å². The average Bonchev–Trinajstić information content (AvgIpc) is 3.70. The maximum atomic E-state index is 7.68. The Morgan fingerprint density at radius 3 is 1.65 bits per heavy atom. The van der Waals surface area contributed by atoms with Crippen molar-refractivity contribution < 1.29 is 4.42 Å². The molecule has 2 aliphatic heterocycles. The van der Waals surface area contributed by atoms with Crippen LogP contribution in [0, 0.1) is 6.92 Å². The number of furan rings is 1. The number of hydrogen-bond acceptors (Lipinski definition) is 3. The third kappa shape index (κ3) is 7.39. The second-order valence-electron chi connectivity index (χ2n) is 25.5. The van der Waals surface area contributed by atoms with Crippen LogP contribution >= 0.6 is 0 Å². The molecule has 1 aliphatic carbocycles. The first-order valence-corrected chi connectivity index (χ1v) is 25.3. The highest BCUT2D eigenvalue weighted by Gasteiger charge is 2.52. The van der Waals surface area contributed by atoms with E-state index in [1.165, 1.54) is 95.1 Å². The standard InChI is InChI=1S/C64H73BN2O/c1-40-36-52-55-53(37-40)67(50-33-29-45(61(8,9)10)38-48(50)41-22-24-42(25-23-41)59(2,3)4)51-39-46(64(15,16)44-20-18-17-19-21-44)28-32-49(51)65(55)58-56(54-57(68-58)63(13,14)35-34-62(54,11)12)66(52)47-30-26-43(27-31-47)60(5,6)7/h17-33,36-39H,34-35H2,1-16H3. The molecule has 0 fully saturated rings. The predicted molar refractivity (Wildman–Crippen MR) is 293 cm³/mol. The van der Waals surface area contributed by atoms with Crippen LogP contribution in [0.5, 0.6) is 0 Å². The molecule has 0 spiro atoms. The van der Waals surface area contributed by atoms with Crippen LogP contribution in [0.15, 0.2) is 132 Å². The van der Waals surface area contributed by atoms with Gasteiger partial charge in [0.2, 0.25) is 0 Å². The zero-order chi connectivity index (χ0) is 48.7. The van der Waals surface area contributed by atoms with E-state index in [0.29, 0.717) is 0 Å². The fraction of sp³-hybridized carbons (Fsp3) is 0.375. The van der Waals surface area contributed by atoms with E-state index in [4.69, 9.17) is 4.42 Å². The van der Waals surface area contributed by atoms with Crippen LogP contribution in [0.3, 0.4) is 0 Å². The molecule has 0 bridgehead atoms. The summed E-state index contributed by atoms with van der Waals surface area (Å²) in [5, 5.41) is 0. The Morgan fingerprint density at radius 2 is 1.04 bits per heavy atom. The fourth-order valence-electron chi connectivity index (χ4n) is 11.5. The molecule has 0 saturated heterocycles. The van der Waals surface area contributed by atoms with E-state index in [1.807, 2.05) is 0 Å². The predicted octanol–water partition coefficient (Wildman–Crippen LogP) is 15.9. The molecule has 0 atom stereocenters. The third-order valence-electron chi connectivity index (χ3n) is 16.1. The number of anilines is 6. The van der Waals surface area contributed by atoms with Crippen LogP contribution in [-0.4, -0.2) is 6.71 Å². The molecule has 0 unspecified atom stereocenters. The summed E-state index contributed by atoms with van der Waals surface area (Å²) in [7, 11) is 0. The van der Waals surface area contributed by atoms with E-state index in [9.17, 15) is 0 Å². The first-order valence-electron chi connectivity index (χ1n) is 25.3. The fourth-order valence-corrected chi connectivity index (χ4v) is 11.5. The molecule has 0 amide bonds. The lowest BCUT2D eigenvalue weighted by Crippen LogP contribution is -2.61. The number of rotatable bonds is 5. The Kier molecular flexibility index (Phi) is 10.4. The average molecular weight is 897 g/mol. The Morgan fingerprint density at radius 1 is 0.500 bits per heavy atom. The zero-order valence-electron chi connectivity index (χ0n) is 43.9. The van der Waals surface area contributed by atoms with Gasteiger partial charge in [-0.25, -0.2) is 0 Å². The summed E-state index contributed by atoms with van der Waals surface area (Å²) < 4.78 is 7.68. The lowest BCUT2D eigenvalue weighted by atomic mass is 9.35. The molecule has 348 valence electrons. The quantitative estimate of drug-likeness (QED) is 0.161. The van der Waals surface area contributed by atoms with E-state index in [2.05, 4.69) is 248 Å². The molecule has 0 radical (unpaired) electrons. The largest absolute Gasteiger partial charge is 0.472 e. The van der Waals surface area contributed by atoms with E-state index < -0.39 is 0 Å². The van der Waals surface area contributed by atoms with Crippen molar-refractivity contribution in [2.45, 2.75) is 156 Å². The van der Waals surface area contributed by atoms with Crippen molar-refractivity contribution in [3.8, 4) is 11.1 Å². The molecule has 7 aromatic rings. The van der Waals surface area contributed by atoms with Crippen molar-refractivity contribution in [3.05, 3.63) is 172 Å². The molecular formula is C64H73BN2O. The Balaban J connectivity index is 1.32. The number of aryl methyl sites for hydroxylation is 1. The summed E-state index contributed by atoms with van der Waals surface area (Å²) in [4.78, 5) is 5.23. The van der Waals surface area contributed by atoms with Crippen LogP contribution in [-0.2, 0) is 32.5 Å². The summed E-state index contributed by atoms with van der Waals surface area (Å²) >= 11 is 0. The molecule has 4 heteroatoms. The third-order valence-corrected chi connectivity index (χ3v) is 16.1. The van der Waals surface area contributed by atoms with Gasteiger partial charge in [0.15, 0.2) is 0 Å². The van der Waals surface area contributed by atoms with Gasteiger partial charge in [-0.05, 0) is 134 Å². The minimum atomic E-state index is -0.257. The first kappa shape index (κ1) is 46.0. The number of hydrogen-bond donors (Lipinski definition) is 0. The van der Waals surface area contributed by atoms with Gasteiger partial charge in [-0.15, -0.1) is 0 Å². The molecule has 68 heavy (non-hydrogen) atoms. The van der Waals surface area contributed by atoms with Gasteiger partial charge >= 0.3 is 0 Å². The summed E-state index contributed by atoms with van der Waals surface area (Å²) in [6.07, 6.45) is 2.17. The maximum absolute atomic E-state index is 7.68. The maximum Gasteiger partial charge on any atom is 0.297 e. The van der Waals surface area contributed by atoms with Crippen molar-refractivity contribution in [1.29, 1.82) is 0 Å². The Labute approximate surface area is 409 Å². The summed E-state index contributed by atoms with van der Waals surface area (Å²) in [5.41, 5.74) is 22.0. The summed E-state index contributed by atoms with van der Waals surface area (Å²) in [6.45, 7) is 37.4. The lowest BCUT2D eigenvalue weighted by molar-refractivity contribution is 0.282. The molecule has 3 nitrogen and oxygen atoms in total. The highest BCUT2D eigenvalue weighted by Crippen LogP contribution is 2.55. The number of benzene rings is 6. The van der Waals surface area contributed by atoms with Crippen molar-refractivity contribution in [2.24, 2.45) is 0 Å².